The van der Waals surface area contributed by atoms with E-state index in [0.717, 1.165) is 23.6 Å². The van der Waals surface area contributed by atoms with Crippen LogP contribution in [-0.2, 0) is 11.3 Å². The predicted molar refractivity (Wildman–Crippen MR) is 72.3 cm³/mol. The maximum atomic E-state index is 5.69. The Morgan fingerprint density at radius 1 is 1.17 bits per heavy atom. The van der Waals surface area contributed by atoms with Crippen molar-refractivity contribution in [2.24, 2.45) is 0 Å². The number of benzene rings is 1. The van der Waals surface area contributed by atoms with E-state index in [1.54, 1.807) is 14.2 Å². The van der Waals surface area contributed by atoms with Gasteiger partial charge in [-0.15, -0.1) is 0 Å². The van der Waals surface area contributed by atoms with Gasteiger partial charge in [-0.2, -0.15) is 0 Å². The molecule has 0 spiro atoms. The predicted octanol–water partition coefficient (Wildman–Crippen LogP) is 2.22. The van der Waals surface area contributed by atoms with E-state index in [-0.39, 0.29) is 0 Å². The minimum Gasteiger partial charge on any atom is -0.497 e. The first-order valence-electron chi connectivity index (χ1n) is 6.19. The molecular weight excluding hydrogens is 230 g/mol. The van der Waals surface area contributed by atoms with Crippen LogP contribution in [-0.4, -0.2) is 33.5 Å². The summed E-state index contributed by atoms with van der Waals surface area (Å²) in [6, 6.07) is 6.27. The highest BCUT2D eigenvalue weighted by atomic mass is 16.5. The first-order valence-corrected chi connectivity index (χ1v) is 6.19. The van der Waals surface area contributed by atoms with Crippen molar-refractivity contribution in [2.45, 2.75) is 26.4 Å². The Labute approximate surface area is 109 Å². The molecule has 0 heterocycles. The minimum atomic E-state index is 0.433. The molecule has 0 bridgehead atoms. The van der Waals surface area contributed by atoms with Gasteiger partial charge in [0.05, 0.1) is 13.7 Å². The lowest BCUT2D eigenvalue weighted by atomic mass is 10.1. The van der Waals surface area contributed by atoms with Crippen LogP contribution in [0.4, 0.5) is 0 Å². The van der Waals surface area contributed by atoms with E-state index >= 15 is 0 Å². The maximum Gasteiger partial charge on any atom is 0.124 e. The molecule has 0 aliphatic carbocycles. The molecule has 0 fully saturated rings. The fourth-order valence-corrected chi connectivity index (χ4v) is 1.51. The zero-order valence-electron chi connectivity index (χ0n) is 11.7. The van der Waals surface area contributed by atoms with Crippen molar-refractivity contribution in [3.8, 4) is 11.5 Å². The molecule has 0 amide bonds. The third-order valence-electron chi connectivity index (χ3n) is 2.51. The van der Waals surface area contributed by atoms with Crippen molar-refractivity contribution < 1.29 is 14.2 Å². The highest BCUT2D eigenvalue weighted by Gasteiger charge is 2.06. The smallest absolute Gasteiger partial charge is 0.124 e. The van der Waals surface area contributed by atoms with Crippen LogP contribution in [0.5, 0.6) is 11.5 Å². The van der Waals surface area contributed by atoms with Gasteiger partial charge in [-0.1, -0.05) is 13.8 Å². The molecule has 0 aliphatic heterocycles. The molecule has 1 rings (SSSR count). The van der Waals surface area contributed by atoms with Gasteiger partial charge in [-0.05, 0) is 18.2 Å². The lowest BCUT2D eigenvalue weighted by molar-refractivity contribution is 0.145. The standard InChI is InChI=1S/C14H23NO3/c1-11(2)15-10-12-9-13(17-4)5-6-14(12)18-8-7-16-3/h5-6,9,11,15H,7-8,10H2,1-4H3. The number of hydrogen-bond acceptors (Lipinski definition) is 4. The first-order chi connectivity index (χ1) is 8.67. The summed E-state index contributed by atoms with van der Waals surface area (Å²) >= 11 is 0. The van der Waals surface area contributed by atoms with Crippen LogP contribution in [0.15, 0.2) is 18.2 Å². The minimum absolute atomic E-state index is 0.433. The van der Waals surface area contributed by atoms with E-state index in [4.69, 9.17) is 14.2 Å². The summed E-state index contributed by atoms with van der Waals surface area (Å²) in [5, 5.41) is 3.38. The van der Waals surface area contributed by atoms with Gasteiger partial charge < -0.3 is 19.5 Å². The topological polar surface area (TPSA) is 39.7 Å². The number of ether oxygens (including phenoxy) is 3. The van der Waals surface area contributed by atoms with E-state index in [0.29, 0.717) is 19.3 Å². The van der Waals surface area contributed by atoms with Crippen LogP contribution in [0.1, 0.15) is 19.4 Å². The molecule has 0 aromatic heterocycles. The molecule has 0 radical (unpaired) electrons. The molecule has 0 saturated carbocycles. The lowest BCUT2D eigenvalue weighted by Gasteiger charge is -2.14. The lowest BCUT2D eigenvalue weighted by Crippen LogP contribution is -2.22. The van der Waals surface area contributed by atoms with Crippen LogP contribution in [0.3, 0.4) is 0 Å². The monoisotopic (exact) mass is 253 g/mol. The summed E-state index contributed by atoms with van der Waals surface area (Å²) < 4.78 is 15.9. The van der Waals surface area contributed by atoms with Crippen LogP contribution in [0.2, 0.25) is 0 Å². The van der Waals surface area contributed by atoms with Gasteiger partial charge in [-0.3, -0.25) is 0 Å². The van der Waals surface area contributed by atoms with Crippen molar-refractivity contribution in [3.63, 3.8) is 0 Å². The average Bonchev–Trinajstić information content (AvgIpc) is 2.37. The Kier molecular flexibility index (Phi) is 6.54. The van der Waals surface area contributed by atoms with E-state index in [9.17, 15) is 0 Å². The van der Waals surface area contributed by atoms with Crippen LogP contribution in [0.25, 0.3) is 0 Å². The molecule has 0 saturated heterocycles. The normalized spacial score (nSPS) is 10.7. The number of rotatable bonds is 8. The Hall–Kier alpha value is -1.26. The molecule has 4 nitrogen and oxygen atoms in total. The van der Waals surface area contributed by atoms with Crippen molar-refractivity contribution in [1.29, 1.82) is 0 Å². The van der Waals surface area contributed by atoms with Gasteiger partial charge in [0.2, 0.25) is 0 Å². The molecule has 1 aromatic carbocycles. The number of nitrogens with one attached hydrogen (secondary N) is 1. The van der Waals surface area contributed by atoms with Gasteiger partial charge in [-0.25, -0.2) is 0 Å². The summed E-state index contributed by atoms with van der Waals surface area (Å²) in [5.74, 6) is 1.72. The zero-order chi connectivity index (χ0) is 13.4. The summed E-state index contributed by atoms with van der Waals surface area (Å²) in [6.45, 7) is 6.13. The molecule has 18 heavy (non-hydrogen) atoms. The number of methoxy groups -OCH3 is 2. The van der Waals surface area contributed by atoms with Crippen molar-refractivity contribution >= 4 is 0 Å². The molecule has 1 aromatic rings. The van der Waals surface area contributed by atoms with Crippen molar-refractivity contribution in [3.05, 3.63) is 23.8 Å². The highest BCUT2D eigenvalue weighted by molar-refractivity contribution is 5.40. The Bertz CT molecular complexity index is 353. The van der Waals surface area contributed by atoms with E-state index in [2.05, 4.69) is 19.2 Å². The first kappa shape index (κ1) is 14.8. The van der Waals surface area contributed by atoms with Gasteiger partial charge in [0.1, 0.15) is 18.1 Å². The maximum absolute atomic E-state index is 5.69. The molecule has 1 N–H and O–H groups in total. The second-order valence-electron chi connectivity index (χ2n) is 4.35. The fourth-order valence-electron chi connectivity index (χ4n) is 1.51. The van der Waals surface area contributed by atoms with Gasteiger partial charge in [0, 0.05) is 25.3 Å². The van der Waals surface area contributed by atoms with Crippen molar-refractivity contribution in [1.82, 2.24) is 5.32 Å². The van der Waals surface area contributed by atoms with Gasteiger partial charge in [0.25, 0.3) is 0 Å². The molecule has 0 unspecified atom stereocenters. The van der Waals surface area contributed by atoms with Crippen LogP contribution in [0, 0.1) is 0 Å². The third kappa shape index (κ3) is 4.94. The SMILES string of the molecule is COCCOc1ccc(OC)cc1CNC(C)C. The number of hydrogen-bond donors (Lipinski definition) is 1. The quantitative estimate of drug-likeness (QED) is 0.721. The second kappa shape index (κ2) is 7.95. The highest BCUT2D eigenvalue weighted by Crippen LogP contribution is 2.24. The van der Waals surface area contributed by atoms with E-state index < -0.39 is 0 Å². The van der Waals surface area contributed by atoms with Gasteiger partial charge >= 0.3 is 0 Å². The Morgan fingerprint density at radius 3 is 2.56 bits per heavy atom. The van der Waals surface area contributed by atoms with Gasteiger partial charge in [0.15, 0.2) is 0 Å². The van der Waals surface area contributed by atoms with E-state index in [1.165, 1.54) is 0 Å². The average molecular weight is 253 g/mol. The Morgan fingerprint density at radius 2 is 1.94 bits per heavy atom. The van der Waals surface area contributed by atoms with Crippen LogP contribution >= 0.6 is 0 Å². The zero-order valence-corrected chi connectivity index (χ0v) is 11.7. The summed E-state index contributed by atoms with van der Waals surface area (Å²) in [5.41, 5.74) is 1.10. The van der Waals surface area contributed by atoms with Crippen molar-refractivity contribution in [2.75, 3.05) is 27.4 Å². The molecule has 102 valence electrons. The third-order valence-corrected chi connectivity index (χ3v) is 2.51. The molecule has 0 aliphatic rings. The largest absolute Gasteiger partial charge is 0.497 e. The van der Waals surface area contributed by atoms with Crippen LogP contribution < -0.4 is 14.8 Å². The summed E-state index contributed by atoms with van der Waals surface area (Å²) in [6.07, 6.45) is 0. The van der Waals surface area contributed by atoms with E-state index in [1.807, 2.05) is 18.2 Å². The summed E-state index contributed by atoms with van der Waals surface area (Å²) in [7, 11) is 3.33. The molecular formula is C14H23NO3. The molecule has 4 heteroatoms. The molecule has 0 atom stereocenters. The fraction of sp³-hybridized carbons (Fsp3) is 0.571. The second-order valence-corrected chi connectivity index (χ2v) is 4.35. The summed E-state index contributed by atoms with van der Waals surface area (Å²) in [4.78, 5) is 0. The Balaban J connectivity index is 2.72.